The van der Waals surface area contributed by atoms with Gasteiger partial charge in [0.05, 0.1) is 13.2 Å². The number of ether oxygens (including phenoxy) is 2. The topological polar surface area (TPSA) is 18.5 Å². The Morgan fingerprint density at radius 2 is 1.36 bits per heavy atom. The highest BCUT2D eigenvalue weighted by Gasteiger charge is 1.87. The summed E-state index contributed by atoms with van der Waals surface area (Å²) in [5.41, 5.74) is 0. The summed E-state index contributed by atoms with van der Waals surface area (Å²) in [5, 5.41) is 0. The van der Waals surface area contributed by atoms with Crippen LogP contribution in [-0.4, -0.2) is 26.4 Å². The molecule has 0 aliphatic heterocycles. The summed E-state index contributed by atoms with van der Waals surface area (Å²) in [5.74, 6) is 0. The summed E-state index contributed by atoms with van der Waals surface area (Å²) in [6, 6.07) is 0. The number of hydrogen-bond acceptors (Lipinski definition) is 2. The van der Waals surface area contributed by atoms with Crippen LogP contribution in [0.15, 0.2) is 0 Å². The quantitative estimate of drug-likeness (QED) is 0.502. The normalized spacial score (nSPS) is 10.4. The van der Waals surface area contributed by atoms with Gasteiger partial charge in [-0.1, -0.05) is 20.3 Å². The maximum Gasteiger partial charge on any atom is 0.0700 e. The lowest BCUT2D eigenvalue weighted by Crippen LogP contribution is -2.05. The van der Waals surface area contributed by atoms with Crippen molar-refractivity contribution in [2.45, 2.75) is 19.3 Å². The fourth-order valence-electron chi connectivity index (χ4n) is 0.628. The molecule has 0 saturated heterocycles. The first-order valence-corrected chi connectivity index (χ1v) is 4.15. The molecule has 0 saturated carbocycles. The van der Waals surface area contributed by atoms with E-state index in [0.717, 1.165) is 32.5 Å². The Bertz CT molecular complexity index is 56.6. The van der Waals surface area contributed by atoms with Gasteiger partial charge in [-0.2, -0.15) is 0 Å². The first-order chi connectivity index (χ1) is 5.41. The van der Waals surface area contributed by atoms with E-state index in [0.29, 0.717) is 13.2 Å². The van der Waals surface area contributed by atoms with Gasteiger partial charge in [-0.05, 0) is 12.8 Å². The lowest BCUT2D eigenvalue weighted by Gasteiger charge is -2.03. The maximum absolute atomic E-state index is 5.24. The standard InChI is InChI=1S/C9H18O2/c1-3-5-7-11-9-8-10-6-4-2/h1-9H2. The molecular formula is C9H18O2. The molecule has 0 fully saturated rings. The molecule has 66 valence electrons. The molecule has 0 unspecified atom stereocenters. The van der Waals surface area contributed by atoms with E-state index in [2.05, 4.69) is 13.8 Å². The minimum atomic E-state index is 0.687. The Balaban J connectivity index is 2.69. The van der Waals surface area contributed by atoms with E-state index < -0.39 is 0 Å². The molecule has 0 aromatic carbocycles. The third-order valence-electron chi connectivity index (χ3n) is 1.20. The highest BCUT2D eigenvalue weighted by Crippen LogP contribution is 1.87. The monoisotopic (exact) mass is 158 g/mol. The fraction of sp³-hybridized carbons (Fsp3) is 0.778. The average molecular weight is 158 g/mol. The van der Waals surface area contributed by atoms with Crippen LogP contribution >= 0.6 is 0 Å². The van der Waals surface area contributed by atoms with Crippen molar-refractivity contribution in [1.29, 1.82) is 0 Å². The molecule has 0 aromatic heterocycles. The summed E-state index contributed by atoms with van der Waals surface area (Å²) in [6.07, 6.45) is 2.81. The van der Waals surface area contributed by atoms with E-state index in [1.807, 2.05) is 0 Å². The van der Waals surface area contributed by atoms with Crippen LogP contribution < -0.4 is 0 Å². The van der Waals surface area contributed by atoms with E-state index in [1.165, 1.54) is 0 Å². The number of unbranched alkanes of at least 4 members (excludes halogenated alkanes) is 1. The molecule has 0 aliphatic carbocycles. The molecule has 0 spiro atoms. The van der Waals surface area contributed by atoms with Gasteiger partial charge in [0.1, 0.15) is 0 Å². The van der Waals surface area contributed by atoms with Gasteiger partial charge in [0, 0.05) is 13.2 Å². The third-order valence-corrected chi connectivity index (χ3v) is 1.20. The van der Waals surface area contributed by atoms with Crippen LogP contribution in [0, 0.1) is 13.8 Å². The molecule has 0 amide bonds. The highest BCUT2D eigenvalue weighted by atomic mass is 16.5. The summed E-state index contributed by atoms with van der Waals surface area (Å²) in [7, 11) is 0. The minimum Gasteiger partial charge on any atom is -0.379 e. The van der Waals surface area contributed by atoms with E-state index >= 15 is 0 Å². The van der Waals surface area contributed by atoms with Crippen LogP contribution in [0.4, 0.5) is 0 Å². The van der Waals surface area contributed by atoms with Crippen molar-refractivity contribution in [1.82, 2.24) is 0 Å². The second kappa shape index (κ2) is 9.92. The Morgan fingerprint density at radius 3 is 1.91 bits per heavy atom. The van der Waals surface area contributed by atoms with Crippen molar-refractivity contribution in [2.75, 3.05) is 26.4 Å². The van der Waals surface area contributed by atoms with Crippen molar-refractivity contribution in [3.8, 4) is 0 Å². The average Bonchev–Trinajstić information content (AvgIpc) is 2.03. The molecule has 0 aromatic rings. The number of rotatable bonds is 8. The van der Waals surface area contributed by atoms with E-state index in [4.69, 9.17) is 9.47 Å². The zero-order valence-corrected chi connectivity index (χ0v) is 7.18. The zero-order valence-electron chi connectivity index (χ0n) is 7.18. The first-order valence-electron chi connectivity index (χ1n) is 4.15. The SMILES string of the molecule is [CH2]CCCOCCOCC[CH2]. The number of hydrogen-bond donors (Lipinski definition) is 0. The summed E-state index contributed by atoms with van der Waals surface area (Å²) in [6.45, 7) is 10.3. The van der Waals surface area contributed by atoms with E-state index in [9.17, 15) is 0 Å². The Morgan fingerprint density at radius 1 is 0.727 bits per heavy atom. The van der Waals surface area contributed by atoms with Gasteiger partial charge < -0.3 is 9.47 Å². The first kappa shape index (κ1) is 10.9. The molecular weight excluding hydrogens is 140 g/mol. The maximum atomic E-state index is 5.24. The second-order valence-electron chi connectivity index (χ2n) is 2.29. The van der Waals surface area contributed by atoms with Crippen molar-refractivity contribution in [3.05, 3.63) is 13.8 Å². The van der Waals surface area contributed by atoms with Crippen LogP contribution in [-0.2, 0) is 9.47 Å². The lowest BCUT2D eigenvalue weighted by atomic mass is 10.4. The van der Waals surface area contributed by atoms with Crippen molar-refractivity contribution < 1.29 is 9.47 Å². The highest BCUT2D eigenvalue weighted by molar-refractivity contribution is 4.40. The Kier molecular flexibility index (Phi) is 9.85. The summed E-state index contributed by atoms with van der Waals surface area (Å²) >= 11 is 0. The predicted molar refractivity (Wildman–Crippen MR) is 46.2 cm³/mol. The van der Waals surface area contributed by atoms with Crippen molar-refractivity contribution in [3.63, 3.8) is 0 Å². The van der Waals surface area contributed by atoms with Gasteiger partial charge in [0.15, 0.2) is 0 Å². The van der Waals surface area contributed by atoms with E-state index in [1.54, 1.807) is 0 Å². The summed E-state index contributed by atoms with van der Waals surface area (Å²) in [4.78, 5) is 0. The van der Waals surface area contributed by atoms with Crippen LogP contribution in [0.3, 0.4) is 0 Å². The van der Waals surface area contributed by atoms with Gasteiger partial charge in [0.2, 0.25) is 0 Å². The Hall–Kier alpha value is -0.0800. The van der Waals surface area contributed by atoms with Gasteiger partial charge in [-0.15, -0.1) is 0 Å². The summed E-state index contributed by atoms with van der Waals surface area (Å²) < 4.78 is 10.4. The van der Waals surface area contributed by atoms with Crippen LogP contribution in [0.2, 0.25) is 0 Å². The largest absolute Gasteiger partial charge is 0.379 e. The van der Waals surface area contributed by atoms with Gasteiger partial charge >= 0.3 is 0 Å². The van der Waals surface area contributed by atoms with Crippen LogP contribution in [0.25, 0.3) is 0 Å². The zero-order chi connectivity index (χ0) is 8.36. The molecule has 2 heteroatoms. The van der Waals surface area contributed by atoms with Gasteiger partial charge in [-0.3, -0.25) is 0 Å². The molecule has 2 radical (unpaired) electrons. The van der Waals surface area contributed by atoms with Gasteiger partial charge in [-0.25, -0.2) is 0 Å². The molecule has 0 heterocycles. The smallest absolute Gasteiger partial charge is 0.0700 e. The molecule has 2 nitrogen and oxygen atoms in total. The minimum absolute atomic E-state index is 0.687. The van der Waals surface area contributed by atoms with Crippen LogP contribution in [0.5, 0.6) is 0 Å². The van der Waals surface area contributed by atoms with E-state index in [-0.39, 0.29) is 0 Å². The van der Waals surface area contributed by atoms with Crippen LogP contribution in [0.1, 0.15) is 19.3 Å². The molecule has 0 rings (SSSR count). The molecule has 11 heavy (non-hydrogen) atoms. The van der Waals surface area contributed by atoms with Crippen molar-refractivity contribution >= 4 is 0 Å². The fourth-order valence-corrected chi connectivity index (χ4v) is 0.628. The molecule has 0 atom stereocenters. The van der Waals surface area contributed by atoms with Gasteiger partial charge in [0.25, 0.3) is 0 Å². The Labute approximate surface area is 69.9 Å². The molecule has 0 N–H and O–H groups in total. The van der Waals surface area contributed by atoms with Crippen molar-refractivity contribution in [2.24, 2.45) is 0 Å². The predicted octanol–water partition coefficient (Wildman–Crippen LogP) is 1.86. The second-order valence-corrected chi connectivity index (χ2v) is 2.29. The lowest BCUT2D eigenvalue weighted by molar-refractivity contribution is 0.0486. The third kappa shape index (κ3) is 9.92. The molecule has 0 aliphatic rings. The molecule has 0 bridgehead atoms.